The van der Waals surface area contributed by atoms with Gasteiger partial charge in [0.15, 0.2) is 0 Å². The fourth-order valence-corrected chi connectivity index (χ4v) is 11.1. The van der Waals surface area contributed by atoms with Crippen LogP contribution < -0.4 is 0 Å². The molecule has 0 aromatic heterocycles. The molecule has 0 heterocycles. The Morgan fingerprint density at radius 3 is 1.25 bits per heavy atom. The maximum absolute atomic E-state index is 11.3. The molecule has 2 unspecified atom stereocenters. The van der Waals surface area contributed by atoms with Gasteiger partial charge in [0.05, 0.1) is 0 Å². The molecule has 64 heavy (non-hydrogen) atoms. The molecule has 0 saturated heterocycles. The van der Waals surface area contributed by atoms with Crippen molar-refractivity contribution in [2.75, 3.05) is 13.2 Å². The highest BCUT2D eigenvalue weighted by atomic mass is 16.5. The van der Waals surface area contributed by atoms with Gasteiger partial charge in [-0.05, 0) is 147 Å². The van der Waals surface area contributed by atoms with Gasteiger partial charge in [-0.25, -0.2) is 0 Å². The number of carbonyl (C=O) groups excluding carboxylic acids is 2. The van der Waals surface area contributed by atoms with Crippen molar-refractivity contribution < 1.29 is 39.5 Å². The molecule has 2 aromatic carbocycles. The molecule has 4 atom stereocenters. The molecule has 0 amide bonds. The highest BCUT2D eigenvalue weighted by Crippen LogP contribution is 2.56. The van der Waals surface area contributed by atoms with Crippen molar-refractivity contribution >= 4 is 11.9 Å². The lowest BCUT2D eigenvalue weighted by Crippen LogP contribution is -2.23. The lowest BCUT2D eigenvalue weighted by Gasteiger charge is -2.34. The topological polar surface area (TPSA) is 134 Å². The highest BCUT2D eigenvalue weighted by Gasteiger charge is 2.45. The molecular formula is C56H80O8. The Hall–Kier alpha value is -4.46. The molecule has 4 aliphatic rings. The van der Waals surface area contributed by atoms with Crippen LogP contribution in [0.5, 0.6) is 23.0 Å². The van der Waals surface area contributed by atoms with Crippen molar-refractivity contribution in [1.82, 2.24) is 0 Å². The van der Waals surface area contributed by atoms with E-state index in [0.29, 0.717) is 11.1 Å². The van der Waals surface area contributed by atoms with Crippen LogP contribution in [0.2, 0.25) is 0 Å². The molecule has 0 radical (unpaired) electrons. The van der Waals surface area contributed by atoms with Gasteiger partial charge in [0.25, 0.3) is 0 Å². The van der Waals surface area contributed by atoms with E-state index >= 15 is 0 Å². The van der Waals surface area contributed by atoms with Gasteiger partial charge in [-0.15, -0.1) is 0 Å². The normalized spacial score (nSPS) is 22.0. The number of esters is 2. The molecule has 2 fully saturated rings. The van der Waals surface area contributed by atoms with Gasteiger partial charge in [0, 0.05) is 36.8 Å². The summed E-state index contributed by atoms with van der Waals surface area (Å²) in [5, 5.41) is 44.5. The molecule has 0 spiro atoms. The quantitative estimate of drug-likeness (QED) is 0.0587. The van der Waals surface area contributed by atoms with Crippen molar-refractivity contribution in [2.45, 2.75) is 193 Å². The van der Waals surface area contributed by atoms with E-state index in [4.69, 9.17) is 9.47 Å². The van der Waals surface area contributed by atoms with Gasteiger partial charge in [-0.2, -0.15) is 0 Å². The summed E-state index contributed by atoms with van der Waals surface area (Å²) in [5.74, 6) is -0.0286. The van der Waals surface area contributed by atoms with Crippen molar-refractivity contribution in [3.63, 3.8) is 0 Å². The number of carbonyl (C=O) groups is 2. The Balaban J connectivity index is 0.000000241. The van der Waals surface area contributed by atoms with Crippen molar-refractivity contribution in [1.29, 1.82) is 0 Å². The van der Waals surface area contributed by atoms with Gasteiger partial charge in [-0.3, -0.25) is 9.59 Å². The largest absolute Gasteiger partial charge is 0.507 e. The summed E-state index contributed by atoms with van der Waals surface area (Å²) in [6, 6.07) is 7.60. The molecule has 4 N–H and O–H groups in total. The van der Waals surface area contributed by atoms with Gasteiger partial charge < -0.3 is 29.9 Å². The number of hydrogen-bond donors (Lipinski definition) is 4. The van der Waals surface area contributed by atoms with Crippen molar-refractivity contribution in [3.8, 4) is 23.0 Å². The maximum atomic E-state index is 11.3. The highest BCUT2D eigenvalue weighted by molar-refractivity contribution is 5.66. The maximum Gasteiger partial charge on any atom is 0.302 e. The number of hydrogen-bond acceptors (Lipinski definition) is 8. The summed E-state index contributed by atoms with van der Waals surface area (Å²) < 4.78 is 10.4. The third-order valence-corrected chi connectivity index (χ3v) is 15.0. The Morgan fingerprint density at radius 1 is 0.578 bits per heavy atom. The lowest BCUT2D eigenvalue weighted by atomic mass is 9.71. The standard InChI is InChI=1S/C29H42O4.C27H38O4/c1-5-6-7-8-13-29(14-9-10-15-29)23-17-26(31)28(27(32)18-23)25-16-22(19-33-21(4)30)11-12-24(25)20(2)3;1-5-6-7-8-11-27(12-13-27)21-15-24(29)26(25(30)16-21)23-14-20(17-31-19(4)28)9-10-22(23)18(2)3/h16-18,24-25,31-32H,2,5-15,19H2,1,3-4H3;14-16,22-23,29-30H,2,5-13,17H2,1,3-4H3/t24?,25-;22?,23-/m00/s1. The number of phenols is 4. The predicted octanol–water partition coefficient (Wildman–Crippen LogP) is 14.1. The summed E-state index contributed by atoms with van der Waals surface area (Å²) in [4.78, 5) is 22.5. The zero-order valence-corrected chi connectivity index (χ0v) is 40.2. The second kappa shape index (κ2) is 23.1. The molecular weight excluding hydrogens is 801 g/mol. The van der Waals surface area contributed by atoms with Crippen LogP contribution in [0.3, 0.4) is 0 Å². The number of rotatable bonds is 20. The van der Waals surface area contributed by atoms with Gasteiger partial charge in [0.1, 0.15) is 36.2 Å². The molecule has 352 valence electrons. The number of benzene rings is 2. The van der Waals surface area contributed by atoms with Gasteiger partial charge >= 0.3 is 11.9 Å². The smallest absolute Gasteiger partial charge is 0.302 e. The first-order valence-electron chi connectivity index (χ1n) is 24.6. The minimum Gasteiger partial charge on any atom is -0.507 e. The first-order chi connectivity index (χ1) is 30.5. The second-order valence-electron chi connectivity index (χ2n) is 20.0. The third-order valence-electron chi connectivity index (χ3n) is 15.0. The summed E-state index contributed by atoms with van der Waals surface area (Å²) in [6.07, 6.45) is 26.5. The van der Waals surface area contributed by atoms with Crippen LogP contribution in [-0.2, 0) is 29.9 Å². The van der Waals surface area contributed by atoms with Crippen LogP contribution in [-0.4, -0.2) is 45.6 Å². The van der Waals surface area contributed by atoms with E-state index in [-0.39, 0.29) is 82.7 Å². The fraction of sp³-hybridized carbons (Fsp3) is 0.607. The van der Waals surface area contributed by atoms with Crippen molar-refractivity contribution in [2.24, 2.45) is 11.8 Å². The van der Waals surface area contributed by atoms with E-state index in [1.165, 1.54) is 78.1 Å². The number of ether oxygens (including phenoxy) is 2. The van der Waals surface area contributed by atoms with E-state index in [9.17, 15) is 30.0 Å². The average Bonchev–Trinajstić information content (AvgIpc) is 3.89. The predicted molar refractivity (Wildman–Crippen MR) is 258 cm³/mol. The number of allylic oxidation sites excluding steroid dienone is 4. The van der Waals surface area contributed by atoms with E-state index in [0.717, 1.165) is 97.6 Å². The van der Waals surface area contributed by atoms with E-state index in [1.54, 1.807) is 0 Å². The summed E-state index contributed by atoms with van der Waals surface area (Å²) >= 11 is 0. The molecule has 8 nitrogen and oxygen atoms in total. The third kappa shape index (κ3) is 12.9. The van der Waals surface area contributed by atoms with Crippen LogP contribution in [0.15, 0.2) is 71.9 Å². The van der Waals surface area contributed by atoms with E-state index in [1.807, 2.05) is 38.1 Å². The zero-order chi connectivity index (χ0) is 46.6. The van der Waals surface area contributed by atoms with Crippen LogP contribution >= 0.6 is 0 Å². The molecule has 6 rings (SSSR count). The van der Waals surface area contributed by atoms with Crippen LogP contribution in [0.4, 0.5) is 0 Å². The molecule has 2 aromatic rings. The first kappa shape index (κ1) is 50.5. The second-order valence-corrected chi connectivity index (χ2v) is 20.0. The molecule has 8 heteroatoms. The van der Waals surface area contributed by atoms with Crippen LogP contribution in [0, 0.1) is 11.8 Å². The van der Waals surface area contributed by atoms with Crippen LogP contribution in [0.25, 0.3) is 0 Å². The molecule has 4 aliphatic carbocycles. The Bertz CT molecular complexity index is 1960. The molecule has 0 bridgehead atoms. The number of aromatic hydroxyl groups is 4. The Labute approximate surface area is 384 Å². The molecule has 2 saturated carbocycles. The number of unbranched alkanes of at least 4 members (excludes halogenated alkanes) is 6. The minimum absolute atomic E-state index is 0.0673. The first-order valence-corrected chi connectivity index (χ1v) is 24.6. The fourth-order valence-electron chi connectivity index (χ4n) is 11.1. The SMILES string of the molecule is C=C(C)C1CCC(COC(C)=O)=C[C@@H]1c1c(O)cc(C2(CCCCCC)CC2)cc1O.C=C(C)C1CCC(COC(C)=O)=C[C@@H]1c1c(O)cc(C2(CCCCCC)CCCC2)cc1O. The van der Waals surface area contributed by atoms with E-state index in [2.05, 4.69) is 39.2 Å². The lowest BCUT2D eigenvalue weighted by molar-refractivity contribution is -0.141. The zero-order valence-electron chi connectivity index (χ0n) is 40.2. The monoisotopic (exact) mass is 881 g/mol. The van der Waals surface area contributed by atoms with Crippen molar-refractivity contribution in [3.05, 3.63) is 94.1 Å². The van der Waals surface area contributed by atoms with E-state index < -0.39 is 0 Å². The summed E-state index contributed by atoms with van der Waals surface area (Å²) in [5.41, 5.74) is 7.60. The summed E-state index contributed by atoms with van der Waals surface area (Å²) in [6.45, 7) is 20.1. The van der Waals surface area contributed by atoms with Crippen LogP contribution in [0.1, 0.15) is 204 Å². The molecule has 0 aliphatic heterocycles. The minimum atomic E-state index is -0.303. The Kier molecular flexibility index (Phi) is 18.3. The van der Waals surface area contributed by atoms with Gasteiger partial charge in [-0.1, -0.05) is 115 Å². The average molecular weight is 881 g/mol. The van der Waals surface area contributed by atoms with Gasteiger partial charge in [0.2, 0.25) is 0 Å². The Morgan fingerprint density at radius 2 is 0.938 bits per heavy atom. The summed E-state index contributed by atoms with van der Waals surface area (Å²) in [7, 11) is 0. The number of phenolic OH excluding ortho intramolecular Hbond substituents is 4.